The van der Waals surface area contributed by atoms with Crippen molar-refractivity contribution in [2.24, 2.45) is 0 Å². The molecule has 1 atom stereocenters. The number of halogens is 7. The van der Waals surface area contributed by atoms with E-state index in [1.54, 1.807) is 0 Å². The quantitative estimate of drug-likeness (QED) is 0.627. The molecule has 0 aliphatic rings. The van der Waals surface area contributed by atoms with Crippen molar-refractivity contribution in [1.82, 2.24) is 24.5 Å². The number of nitrogens with zero attached hydrogens (tertiary/aromatic N) is 4. The van der Waals surface area contributed by atoms with Crippen LogP contribution < -0.4 is 4.72 Å². The third kappa shape index (κ3) is 4.29. The van der Waals surface area contributed by atoms with Gasteiger partial charge in [-0.15, -0.1) is 10.2 Å². The maximum absolute atomic E-state index is 13.4. The molecule has 1 N–H and O–H groups in total. The highest BCUT2D eigenvalue weighted by atomic mass is 32.2. The van der Waals surface area contributed by atoms with Gasteiger partial charge in [-0.3, -0.25) is 0 Å². The van der Waals surface area contributed by atoms with Crippen LogP contribution >= 0.6 is 0 Å². The standard InChI is InChI=1S/C14H8F7N5O2S/c15-8-3-1-7(2-4-8)11(13(16,17)18)25-29(27,28)10-6-5-9-22-23-12(14(19,20)21)26(9)24-10/h1-6,11,25H/t11-/m1/s1. The molecule has 0 amide bonds. The molecule has 0 unspecified atom stereocenters. The lowest BCUT2D eigenvalue weighted by Gasteiger charge is -2.21. The first-order valence-electron chi connectivity index (χ1n) is 7.43. The fourth-order valence-electron chi connectivity index (χ4n) is 2.29. The van der Waals surface area contributed by atoms with Gasteiger partial charge in [-0.1, -0.05) is 12.1 Å². The largest absolute Gasteiger partial charge is 0.453 e. The predicted octanol–water partition coefficient (Wildman–Crippen LogP) is 2.86. The number of benzene rings is 1. The monoisotopic (exact) mass is 443 g/mol. The summed E-state index contributed by atoms with van der Waals surface area (Å²) in [5, 5.41) is 8.08. The van der Waals surface area contributed by atoms with Gasteiger partial charge >= 0.3 is 12.4 Å². The van der Waals surface area contributed by atoms with Crippen LogP contribution in [0.4, 0.5) is 30.7 Å². The average Bonchev–Trinajstić information content (AvgIpc) is 3.03. The average molecular weight is 443 g/mol. The van der Waals surface area contributed by atoms with E-state index < -0.39 is 56.3 Å². The van der Waals surface area contributed by atoms with E-state index in [1.807, 2.05) is 0 Å². The van der Waals surface area contributed by atoms with Gasteiger partial charge in [-0.25, -0.2) is 12.8 Å². The fraction of sp³-hybridized carbons (Fsp3) is 0.214. The Bertz CT molecular complexity index is 1140. The molecule has 2 aromatic heterocycles. The summed E-state index contributed by atoms with van der Waals surface area (Å²) in [5.74, 6) is -2.51. The van der Waals surface area contributed by atoms with Crippen molar-refractivity contribution in [3.8, 4) is 0 Å². The molecule has 0 aliphatic heterocycles. The summed E-state index contributed by atoms with van der Waals surface area (Å²) in [4.78, 5) is 0. The van der Waals surface area contributed by atoms with E-state index in [2.05, 4.69) is 15.3 Å². The number of sulfonamides is 1. The summed E-state index contributed by atoms with van der Waals surface area (Å²) in [6.07, 6.45) is -10.2. The highest BCUT2D eigenvalue weighted by Gasteiger charge is 2.44. The molecule has 15 heteroatoms. The Kier molecular flexibility index (Phi) is 4.98. The molecule has 3 aromatic rings. The normalized spacial score (nSPS) is 14.3. The number of rotatable bonds is 4. The summed E-state index contributed by atoms with van der Waals surface area (Å²) < 4.78 is 118. The molecule has 0 bridgehead atoms. The van der Waals surface area contributed by atoms with Gasteiger partial charge in [0.15, 0.2) is 10.7 Å². The Morgan fingerprint density at radius 2 is 1.55 bits per heavy atom. The number of hydrogen-bond acceptors (Lipinski definition) is 5. The zero-order valence-corrected chi connectivity index (χ0v) is 14.5. The van der Waals surface area contributed by atoms with Crippen molar-refractivity contribution >= 4 is 15.7 Å². The van der Waals surface area contributed by atoms with E-state index in [0.29, 0.717) is 30.3 Å². The molecule has 0 aliphatic carbocycles. The number of hydrogen-bond donors (Lipinski definition) is 1. The Hall–Kier alpha value is -2.81. The Balaban J connectivity index is 2.04. The van der Waals surface area contributed by atoms with E-state index in [4.69, 9.17) is 0 Å². The summed E-state index contributed by atoms with van der Waals surface area (Å²) in [6, 6.07) is 1.49. The second-order valence-electron chi connectivity index (χ2n) is 5.61. The molecule has 0 saturated carbocycles. The zero-order valence-electron chi connectivity index (χ0n) is 13.7. The molecule has 0 spiro atoms. The lowest BCUT2D eigenvalue weighted by atomic mass is 10.1. The van der Waals surface area contributed by atoms with Gasteiger partial charge in [0.05, 0.1) is 0 Å². The van der Waals surface area contributed by atoms with Crippen LogP contribution in [0.2, 0.25) is 0 Å². The van der Waals surface area contributed by atoms with Crippen molar-refractivity contribution in [3.63, 3.8) is 0 Å². The Morgan fingerprint density at radius 3 is 2.10 bits per heavy atom. The van der Waals surface area contributed by atoms with Gasteiger partial charge in [0.25, 0.3) is 15.8 Å². The SMILES string of the molecule is O=S(=O)(N[C@H](c1ccc(F)cc1)C(F)(F)F)c1ccc2nnc(C(F)(F)F)n2n1. The van der Waals surface area contributed by atoms with E-state index >= 15 is 0 Å². The first kappa shape index (κ1) is 20.9. The number of aromatic nitrogens is 4. The summed E-state index contributed by atoms with van der Waals surface area (Å²) in [6.45, 7) is 0. The fourth-order valence-corrected chi connectivity index (χ4v) is 3.42. The maximum Gasteiger partial charge on any atom is 0.453 e. The minimum Gasteiger partial charge on any atom is -0.207 e. The molecule has 1 aromatic carbocycles. The Labute approximate surface area is 157 Å². The number of fused-ring (bicyclic) bond motifs is 1. The third-order valence-corrected chi connectivity index (χ3v) is 4.89. The first-order chi connectivity index (χ1) is 13.3. The van der Waals surface area contributed by atoms with Crippen LogP contribution in [-0.2, 0) is 16.2 Å². The summed E-state index contributed by atoms with van der Waals surface area (Å²) >= 11 is 0. The van der Waals surface area contributed by atoms with Crippen molar-refractivity contribution in [2.45, 2.75) is 23.4 Å². The molecule has 3 rings (SSSR count). The minimum atomic E-state index is -5.14. The summed E-state index contributed by atoms with van der Waals surface area (Å²) in [7, 11) is -5.05. The highest BCUT2D eigenvalue weighted by molar-refractivity contribution is 7.89. The molecule has 0 fully saturated rings. The molecule has 0 radical (unpaired) electrons. The van der Waals surface area contributed by atoms with E-state index in [1.165, 1.54) is 4.72 Å². The minimum absolute atomic E-state index is 0.0506. The molecular formula is C14H8F7N5O2S. The van der Waals surface area contributed by atoms with Gasteiger partial charge in [-0.05, 0) is 29.8 Å². The molecular weight excluding hydrogens is 435 g/mol. The molecule has 7 nitrogen and oxygen atoms in total. The van der Waals surface area contributed by atoms with Crippen molar-refractivity contribution in [2.75, 3.05) is 0 Å². The van der Waals surface area contributed by atoms with E-state index in [9.17, 15) is 39.2 Å². The van der Waals surface area contributed by atoms with Crippen LogP contribution in [-0.4, -0.2) is 34.4 Å². The lowest BCUT2D eigenvalue weighted by Crippen LogP contribution is -2.38. The van der Waals surface area contributed by atoms with E-state index in [0.717, 1.165) is 6.07 Å². The first-order valence-corrected chi connectivity index (χ1v) is 8.91. The lowest BCUT2D eigenvalue weighted by molar-refractivity contribution is -0.153. The predicted molar refractivity (Wildman–Crippen MR) is 81.3 cm³/mol. The van der Waals surface area contributed by atoms with Gasteiger partial charge in [0.2, 0.25) is 0 Å². The number of nitrogens with one attached hydrogen (secondary N) is 1. The van der Waals surface area contributed by atoms with Crippen LogP contribution in [0.1, 0.15) is 17.4 Å². The second-order valence-corrected chi connectivity index (χ2v) is 7.27. The van der Waals surface area contributed by atoms with Crippen molar-refractivity contribution < 1.29 is 39.2 Å². The van der Waals surface area contributed by atoms with Crippen LogP contribution in [0.25, 0.3) is 5.65 Å². The Morgan fingerprint density at radius 1 is 0.931 bits per heavy atom. The van der Waals surface area contributed by atoms with Gasteiger partial charge in [0.1, 0.15) is 11.9 Å². The number of alkyl halides is 6. The summed E-state index contributed by atoms with van der Waals surface area (Å²) in [5.41, 5.74) is -1.11. The van der Waals surface area contributed by atoms with Crippen LogP contribution in [0.3, 0.4) is 0 Å². The van der Waals surface area contributed by atoms with Crippen molar-refractivity contribution in [1.29, 1.82) is 0 Å². The van der Waals surface area contributed by atoms with Gasteiger partial charge < -0.3 is 0 Å². The van der Waals surface area contributed by atoms with E-state index in [-0.39, 0.29) is 4.52 Å². The smallest absolute Gasteiger partial charge is 0.207 e. The molecule has 156 valence electrons. The topological polar surface area (TPSA) is 89.2 Å². The van der Waals surface area contributed by atoms with Crippen LogP contribution in [0.15, 0.2) is 41.4 Å². The second kappa shape index (κ2) is 6.91. The third-order valence-electron chi connectivity index (χ3n) is 3.57. The maximum atomic E-state index is 13.4. The molecule has 2 heterocycles. The highest BCUT2D eigenvalue weighted by Crippen LogP contribution is 2.34. The van der Waals surface area contributed by atoms with Crippen molar-refractivity contribution in [3.05, 3.63) is 53.6 Å². The van der Waals surface area contributed by atoms with Gasteiger partial charge in [-0.2, -0.15) is 40.7 Å². The van der Waals surface area contributed by atoms with Crippen LogP contribution in [0, 0.1) is 5.82 Å². The molecule has 29 heavy (non-hydrogen) atoms. The molecule has 0 saturated heterocycles. The van der Waals surface area contributed by atoms with Crippen LogP contribution in [0.5, 0.6) is 0 Å². The van der Waals surface area contributed by atoms with Gasteiger partial charge in [0, 0.05) is 0 Å². The zero-order chi connectivity index (χ0) is 21.6.